The van der Waals surface area contributed by atoms with Gasteiger partial charge in [-0.25, -0.2) is 0 Å². The Morgan fingerprint density at radius 3 is 2.64 bits per heavy atom. The quantitative estimate of drug-likeness (QED) is 0.757. The van der Waals surface area contributed by atoms with Crippen molar-refractivity contribution in [3.05, 3.63) is 23.8 Å². The smallest absolute Gasteiger partial charge is 0.144 e. The first-order valence-electron chi connectivity index (χ1n) is 8.90. The van der Waals surface area contributed by atoms with Crippen molar-refractivity contribution in [1.29, 1.82) is 0 Å². The molecule has 0 radical (unpaired) electrons. The highest BCUT2D eigenvalue weighted by atomic mass is 16.3. The van der Waals surface area contributed by atoms with Gasteiger partial charge in [-0.3, -0.25) is 4.79 Å². The number of hydrogen-bond donors (Lipinski definition) is 1. The number of carbonyl (C=O) groups excluding carboxylic acids is 1. The molecule has 2 heteroatoms. The number of aliphatic hydroxyl groups excluding tert-OH is 1. The average Bonchev–Trinajstić information content (AvgIpc) is 2.79. The minimum atomic E-state index is -0.518. The first-order chi connectivity index (χ1) is 10.3. The van der Waals surface area contributed by atoms with Gasteiger partial charge in [0.1, 0.15) is 5.78 Å². The highest BCUT2D eigenvalue weighted by molar-refractivity contribution is 5.88. The van der Waals surface area contributed by atoms with Gasteiger partial charge in [0.2, 0.25) is 0 Å². The Labute approximate surface area is 135 Å². The summed E-state index contributed by atoms with van der Waals surface area (Å²) in [5.41, 5.74) is 2.06. The molecule has 2 aliphatic carbocycles. The van der Waals surface area contributed by atoms with Gasteiger partial charge in [0, 0.05) is 11.8 Å². The molecule has 22 heavy (non-hydrogen) atoms. The Hall–Kier alpha value is -0.890. The zero-order valence-electron chi connectivity index (χ0n) is 14.6. The molecule has 5 atom stereocenters. The maximum absolute atomic E-state index is 13.1. The maximum atomic E-state index is 13.1. The van der Waals surface area contributed by atoms with E-state index in [2.05, 4.69) is 40.3 Å². The lowest BCUT2D eigenvalue weighted by atomic mass is 9.77. The van der Waals surface area contributed by atoms with Crippen LogP contribution in [0.5, 0.6) is 0 Å². The van der Waals surface area contributed by atoms with Gasteiger partial charge < -0.3 is 5.11 Å². The van der Waals surface area contributed by atoms with E-state index in [0.29, 0.717) is 24.0 Å². The molecule has 2 aliphatic rings. The molecule has 0 aromatic heterocycles. The van der Waals surface area contributed by atoms with Gasteiger partial charge >= 0.3 is 0 Å². The molecule has 1 saturated carbocycles. The molecule has 0 saturated heterocycles. The van der Waals surface area contributed by atoms with Crippen LogP contribution in [0.25, 0.3) is 0 Å². The van der Waals surface area contributed by atoms with Gasteiger partial charge in [-0.1, -0.05) is 58.3 Å². The van der Waals surface area contributed by atoms with Crippen molar-refractivity contribution in [3.8, 4) is 0 Å². The van der Waals surface area contributed by atoms with Crippen LogP contribution in [0.2, 0.25) is 0 Å². The third-order valence-corrected chi connectivity index (χ3v) is 5.77. The monoisotopic (exact) mass is 304 g/mol. The molecule has 0 amide bonds. The summed E-state index contributed by atoms with van der Waals surface area (Å²) in [6, 6.07) is 0. The maximum Gasteiger partial charge on any atom is 0.144 e. The van der Waals surface area contributed by atoms with E-state index in [-0.39, 0.29) is 17.8 Å². The van der Waals surface area contributed by atoms with E-state index < -0.39 is 6.10 Å². The number of aliphatic hydroxyl groups is 1. The number of Topliss-reactive ketones (excluding diaryl/α,β-unsaturated/α-hetero) is 1. The van der Waals surface area contributed by atoms with Crippen molar-refractivity contribution in [2.45, 2.75) is 65.9 Å². The van der Waals surface area contributed by atoms with E-state index in [1.807, 2.05) is 0 Å². The molecular weight excluding hydrogens is 272 g/mol. The van der Waals surface area contributed by atoms with E-state index in [4.69, 9.17) is 0 Å². The van der Waals surface area contributed by atoms with Crippen molar-refractivity contribution in [3.63, 3.8) is 0 Å². The van der Waals surface area contributed by atoms with Crippen LogP contribution in [-0.4, -0.2) is 17.0 Å². The first-order valence-corrected chi connectivity index (χ1v) is 8.90. The molecule has 124 valence electrons. The molecule has 0 unspecified atom stereocenters. The second kappa shape index (κ2) is 7.12. The number of ketones is 1. The van der Waals surface area contributed by atoms with E-state index in [0.717, 1.165) is 18.4 Å². The molecule has 2 nitrogen and oxygen atoms in total. The first kappa shape index (κ1) is 17.5. The van der Waals surface area contributed by atoms with Crippen molar-refractivity contribution < 1.29 is 9.90 Å². The topological polar surface area (TPSA) is 37.3 Å². The number of hydrogen-bond acceptors (Lipinski definition) is 2. The molecule has 0 heterocycles. The molecule has 0 aliphatic heterocycles. The lowest BCUT2D eigenvalue weighted by Crippen LogP contribution is -2.30. The normalized spacial score (nSPS) is 33.6. The van der Waals surface area contributed by atoms with Gasteiger partial charge in [0.25, 0.3) is 0 Å². The van der Waals surface area contributed by atoms with E-state index in [1.165, 1.54) is 18.4 Å². The number of rotatable bonds is 5. The van der Waals surface area contributed by atoms with E-state index in [9.17, 15) is 9.90 Å². The zero-order chi connectivity index (χ0) is 16.4. The molecule has 2 rings (SSSR count). The summed E-state index contributed by atoms with van der Waals surface area (Å²) < 4.78 is 0. The summed E-state index contributed by atoms with van der Waals surface area (Å²) in [6.07, 6.45) is 6.54. The summed E-state index contributed by atoms with van der Waals surface area (Å²) in [6.45, 7) is 12.8. The largest absolute Gasteiger partial charge is 0.389 e. The number of fused-ring (bicyclic) bond motifs is 1. The zero-order valence-corrected chi connectivity index (χ0v) is 14.6. The van der Waals surface area contributed by atoms with Crippen LogP contribution in [0.1, 0.15) is 59.8 Å². The molecule has 0 spiro atoms. The second-order valence-electron chi connectivity index (χ2n) is 7.91. The van der Waals surface area contributed by atoms with Crippen LogP contribution in [0, 0.1) is 29.6 Å². The molecule has 1 N–H and O–H groups in total. The third-order valence-electron chi connectivity index (χ3n) is 5.77. The molecular formula is C20H32O2. The Balaban J connectivity index is 2.11. The summed E-state index contributed by atoms with van der Waals surface area (Å²) in [7, 11) is 0. The van der Waals surface area contributed by atoms with Gasteiger partial charge in [-0.05, 0) is 43.1 Å². The predicted octanol–water partition coefficient (Wildman–Crippen LogP) is 4.54. The molecule has 0 bridgehead atoms. The van der Waals surface area contributed by atoms with Crippen molar-refractivity contribution in [2.24, 2.45) is 29.6 Å². The Bertz CT molecular complexity index is 460. The fourth-order valence-corrected chi connectivity index (χ4v) is 4.23. The summed E-state index contributed by atoms with van der Waals surface area (Å²) in [4.78, 5) is 13.1. The highest BCUT2D eigenvalue weighted by Gasteiger charge is 2.44. The lowest BCUT2D eigenvalue weighted by Gasteiger charge is -2.25. The molecule has 0 aromatic rings. The minimum absolute atomic E-state index is 0.0182. The second-order valence-corrected chi connectivity index (χ2v) is 7.91. The van der Waals surface area contributed by atoms with E-state index >= 15 is 0 Å². The third kappa shape index (κ3) is 3.53. The van der Waals surface area contributed by atoms with E-state index in [1.54, 1.807) is 0 Å². The summed E-state index contributed by atoms with van der Waals surface area (Å²) >= 11 is 0. The molecule has 0 aromatic carbocycles. The average molecular weight is 304 g/mol. The Morgan fingerprint density at radius 1 is 1.32 bits per heavy atom. The van der Waals surface area contributed by atoms with Crippen LogP contribution in [0.3, 0.4) is 0 Å². The van der Waals surface area contributed by atoms with Crippen LogP contribution < -0.4 is 0 Å². The van der Waals surface area contributed by atoms with Gasteiger partial charge in [-0.2, -0.15) is 0 Å². The van der Waals surface area contributed by atoms with Gasteiger partial charge in [0.15, 0.2) is 0 Å². The summed E-state index contributed by atoms with van der Waals surface area (Å²) in [5.74, 6) is 1.51. The minimum Gasteiger partial charge on any atom is -0.389 e. The number of allylic oxidation sites excluding steroid dienone is 2. The Kier molecular flexibility index (Phi) is 5.65. The summed E-state index contributed by atoms with van der Waals surface area (Å²) in [5, 5.41) is 10.5. The van der Waals surface area contributed by atoms with Crippen LogP contribution in [-0.2, 0) is 4.79 Å². The van der Waals surface area contributed by atoms with Crippen molar-refractivity contribution in [1.82, 2.24) is 0 Å². The van der Waals surface area contributed by atoms with Crippen LogP contribution in [0.15, 0.2) is 23.8 Å². The standard InChI is InChI=1S/C20H32O2/c1-12(2)7-6-8-13(3)17-11-18(21)15(5)16-10-9-14(4)19(16)20(17)22/h9,12-13,16-19,21H,5-8,10-11H2,1-4H3/t13-,16+,17-,18-,19+/m0/s1. The number of carbonyl (C=O) groups is 1. The van der Waals surface area contributed by atoms with Crippen molar-refractivity contribution in [2.75, 3.05) is 0 Å². The van der Waals surface area contributed by atoms with Crippen LogP contribution >= 0.6 is 0 Å². The van der Waals surface area contributed by atoms with Crippen molar-refractivity contribution >= 4 is 5.78 Å². The van der Waals surface area contributed by atoms with Gasteiger partial charge in [0.05, 0.1) is 6.10 Å². The highest BCUT2D eigenvalue weighted by Crippen LogP contribution is 2.45. The van der Waals surface area contributed by atoms with Crippen LogP contribution in [0.4, 0.5) is 0 Å². The predicted molar refractivity (Wildman–Crippen MR) is 91.5 cm³/mol. The fraction of sp³-hybridized carbons (Fsp3) is 0.750. The Morgan fingerprint density at radius 2 is 2.00 bits per heavy atom. The SMILES string of the molecule is C=C1[C@H]2CC=C(C)[C@H]2C(=O)[C@H]([C@@H](C)CCCC(C)C)C[C@@H]1O. The molecule has 1 fully saturated rings. The lowest BCUT2D eigenvalue weighted by molar-refractivity contribution is -0.128. The fourth-order valence-electron chi connectivity index (χ4n) is 4.23. The van der Waals surface area contributed by atoms with Gasteiger partial charge in [-0.15, -0.1) is 0 Å².